The van der Waals surface area contributed by atoms with Crippen LogP contribution in [0.3, 0.4) is 0 Å². The average Bonchev–Trinajstić information content (AvgIpc) is 2.81. The second-order valence-corrected chi connectivity index (χ2v) is 6.98. The van der Waals surface area contributed by atoms with Crippen LogP contribution in [0.2, 0.25) is 0 Å². The van der Waals surface area contributed by atoms with E-state index in [9.17, 15) is 4.79 Å². The molecule has 1 amide bonds. The fourth-order valence-electron chi connectivity index (χ4n) is 3.64. The molecule has 2 aliphatic carbocycles. The second-order valence-electron chi connectivity index (χ2n) is 6.54. The molecule has 0 radical (unpaired) electrons. The Morgan fingerprint density at radius 2 is 1.45 bits per heavy atom. The number of nitrogens with two attached hydrogens (primary N) is 1. The molecule has 0 aromatic heterocycles. The maximum Gasteiger partial charge on any atom is 0.223 e. The predicted octanol–water partition coefficient (Wildman–Crippen LogP) is 3.45. The van der Waals surface area contributed by atoms with E-state index >= 15 is 0 Å². The van der Waals surface area contributed by atoms with Crippen LogP contribution >= 0.6 is 12.2 Å². The molecule has 0 aliphatic heterocycles. The van der Waals surface area contributed by atoms with Crippen molar-refractivity contribution in [3.05, 3.63) is 0 Å². The summed E-state index contributed by atoms with van der Waals surface area (Å²) in [7, 11) is 0. The summed E-state index contributed by atoms with van der Waals surface area (Å²) in [6, 6.07) is 0. The van der Waals surface area contributed by atoms with Crippen LogP contribution in [-0.4, -0.2) is 16.4 Å². The number of amides is 1. The predicted molar refractivity (Wildman–Crippen MR) is 86.6 cm³/mol. The molecule has 0 heterocycles. The molecule has 114 valence electrons. The third-order valence-electron chi connectivity index (χ3n) is 5.02. The van der Waals surface area contributed by atoms with Crippen LogP contribution in [0.1, 0.15) is 77.0 Å². The zero-order valence-corrected chi connectivity index (χ0v) is 13.3. The highest BCUT2D eigenvalue weighted by atomic mass is 32.1. The SMILES string of the molecule is NC(=S)C1(NC(=O)C2CCCCCC2)CCCCCC1. The lowest BCUT2D eigenvalue weighted by atomic mass is 9.88. The van der Waals surface area contributed by atoms with Crippen molar-refractivity contribution in [2.45, 2.75) is 82.6 Å². The zero-order chi connectivity index (χ0) is 14.4. The van der Waals surface area contributed by atoms with E-state index in [1.165, 1.54) is 38.5 Å². The quantitative estimate of drug-likeness (QED) is 0.619. The van der Waals surface area contributed by atoms with Crippen molar-refractivity contribution in [1.82, 2.24) is 5.32 Å². The number of carbonyl (C=O) groups excluding carboxylic acids is 1. The van der Waals surface area contributed by atoms with Gasteiger partial charge < -0.3 is 11.1 Å². The van der Waals surface area contributed by atoms with Crippen molar-refractivity contribution in [2.24, 2.45) is 11.7 Å². The Morgan fingerprint density at radius 3 is 1.95 bits per heavy atom. The molecular weight excluding hydrogens is 268 g/mol. The Balaban J connectivity index is 2.02. The lowest BCUT2D eigenvalue weighted by molar-refractivity contribution is -0.126. The Bertz CT molecular complexity index is 340. The molecule has 2 rings (SSSR count). The molecule has 20 heavy (non-hydrogen) atoms. The van der Waals surface area contributed by atoms with Gasteiger partial charge >= 0.3 is 0 Å². The van der Waals surface area contributed by atoms with Gasteiger partial charge in [-0.15, -0.1) is 0 Å². The molecule has 2 aliphatic rings. The van der Waals surface area contributed by atoms with Crippen molar-refractivity contribution in [3.63, 3.8) is 0 Å². The summed E-state index contributed by atoms with van der Waals surface area (Å²) in [5.74, 6) is 0.369. The summed E-state index contributed by atoms with van der Waals surface area (Å²) in [6.07, 6.45) is 13.5. The first-order valence-corrected chi connectivity index (χ1v) is 8.67. The third-order valence-corrected chi connectivity index (χ3v) is 5.41. The van der Waals surface area contributed by atoms with Gasteiger partial charge in [-0.05, 0) is 25.7 Å². The molecular formula is C16H28N2OS. The van der Waals surface area contributed by atoms with E-state index in [4.69, 9.17) is 18.0 Å². The van der Waals surface area contributed by atoms with Crippen molar-refractivity contribution < 1.29 is 4.79 Å². The summed E-state index contributed by atoms with van der Waals surface area (Å²) in [6.45, 7) is 0. The van der Waals surface area contributed by atoms with E-state index < -0.39 is 5.54 Å². The van der Waals surface area contributed by atoms with Crippen LogP contribution in [0, 0.1) is 5.92 Å². The Morgan fingerprint density at radius 1 is 0.950 bits per heavy atom. The van der Waals surface area contributed by atoms with Crippen LogP contribution < -0.4 is 11.1 Å². The number of rotatable bonds is 3. The first-order chi connectivity index (χ1) is 9.64. The summed E-state index contributed by atoms with van der Waals surface area (Å²) < 4.78 is 0. The van der Waals surface area contributed by atoms with Gasteiger partial charge in [0.1, 0.15) is 0 Å². The highest BCUT2D eigenvalue weighted by Gasteiger charge is 2.37. The molecule has 3 nitrogen and oxygen atoms in total. The molecule has 0 spiro atoms. The van der Waals surface area contributed by atoms with Gasteiger partial charge in [0.2, 0.25) is 5.91 Å². The van der Waals surface area contributed by atoms with Gasteiger partial charge in [0, 0.05) is 5.92 Å². The highest BCUT2D eigenvalue weighted by Crippen LogP contribution is 2.29. The molecule has 0 atom stereocenters. The minimum absolute atomic E-state index is 0.173. The van der Waals surface area contributed by atoms with E-state index in [0.717, 1.165) is 38.5 Å². The fourth-order valence-corrected chi connectivity index (χ4v) is 3.90. The average molecular weight is 296 g/mol. The summed E-state index contributed by atoms with van der Waals surface area (Å²) in [5, 5.41) is 3.26. The number of thiocarbonyl (C=S) groups is 1. The molecule has 3 N–H and O–H groups in total. The molecule has 0 aromatic rings. The van der Waals surface area contributed by atoms with Crippen LogP contribution in [0.4, 0.5) is 0 Å². The zero-order valence-electron chi connectivity index (χ0n) is 12.5. The summed E-state index contributed by atoms with van der Waals surface area (Å²) in [5.41, 5.74) is 5.59. The Labute approximate surface area is 128 Å². The normalized spacial score (nSPS) is 24.4. The maximum absolute atomic E-state index is 12.6. The van der Waals surface area contributed by atoms with Crippen LogP contribution in [-0.2, 0) is 4.79 Å². The largest absolute Gasteiger partial charge is 0.391 e. The first kappa shape index (κ1) is 15.7. The Hall–Kier alpha value is -0.640. The number of nitrogens with one attached hydrogen (secondary N) is 1. The molecule has 0 aromatic carbocycles. The molecule has 2 fully saturated rings. The van der Waals surface area contributed by atoms with Gasteiger partial charge in [-0.25, -0.2) is 0 Å². The van der Waals surface area contributed by atoms with Gasteiger partial charge in [0.25, 0.3) is 0 Å². The van der Waals surface area contributed by atoms with Gasteiger partial charge in [-0.3, -0.25) is 4.79 Å². The summed E-state index contributed by atoms with van der Waals surface area (Å²) >= 11 is 5.30. The van der Waals surface area contributed by atoms with Crippen molar-refractivity contribution in [2.75, 3.05) is 0 Å². The minimum Gasteiger partial charge on any atom is -0.391 e. The smallest absolute Gasteiger partial charge is 0.223 e. The van der Waals surface area contributed by atoms with E-state index in [2.05, 4.69) is 5.32 Å². The second kappa shape index (κ2) is 7.39. The van der Waals surface area contributed by atoms with Gasteiger partial charge in [-0.1, -0.05) is 63.6 Å². The molecule has 0 bridgehead atoms. The number of hydrogen-bond donors (Lipinski definition) is 2. The van der Waals surface area contributed by atoms with Crippen LogP contribution in [0.5, 0.6) is 0 Å². The lowest BCUT2D eigenvalue weighted by Gasteiger charge is -2.34. The topological polar surface area (TPSA) is 55.1 Å². The van der Waals surface area contributed by atoms with Crippen LogP contribution in [0.15, 0.2) is 0 Å². The maximum atomic E-state index is 12.6. The van der Waals surface area contributed by atoms with E-state index in [1.807, 2.05) is 0 Å². The van der Waals surface area contributed by atoms with E-state index in [1.54, 1.807) is 0 Å². The molecule has 2 saturated carbocycles. The van der Waals surface area contributed by atoms with E-state index in [0.29, 0.717) is 4.99 Å². The standard InChI is InChI=1S/C16H28N2OS/c17-15(20)16(11-7-3-4-8-12-16)18-14(19)13-9-5-1-2-6-10-13/h13H,1-12H2,(H2,17,20)(H,18,19). The van der Waals surface area contributed by atoms with Crippen molar-refractivity contribution in [1.29, 1.82) is 0 Å². The number of carbonyl (C=O) groups is 1. The monoisotopic (exact) mass is 296 g/mol. The summed E-state index contributed by atoms with van der Waals surface area (Å²) in [4.78, 5) is 13.1. The van der Waals surface area contributed by atoms with Crippen LogP contribution in [0.25, 0.3) is 0 Å². The van der Waals surface area contributed by atoms with E-state index in [-0.39, 0.29) is 11.8 Å². The molecule has 0 saturated heterocycles. The minimum atomic E-state index is -0.408. The number of hydrogen-bond acceptors (Lipinski definition) is 2. The van der Waals surface area contributed by atoms with Crippen molar-refractivity contribution in [3.8, 4) is 0 Å². The third kappa shape index (κ3) is 3.94. The lowest BCUT2D eigenvalue weighted by Crippen LogP contribution is -2.57. The first-order valence-electron chi connectivity index (χ1n) is 8.26. The molecule has 0 unspecified atom stereocenters. The van der Waals surface area contributed by atoms with Crippen molar-refractivity contribution >= 4 is 23.1 Å². The Kier molecular flexibility index (Phi) is 5.82. The van der Waals surface area contributed by atoms with Gasteiger partial charge in [0.05, 0.1) is 10.5 Å². The fraction of sp³-hybridized carbons (Fsp3) is 0.875. The van der Waals surface area contributed by atoms with Gasteiger partial charge in [-0.2, -0.15) is 0 Å². The van der Waals surface area contributed by atoms with Gasteiger partial charge in [0.15, 0.2) is 0 Å². The molecule has 4 heteroatoms. The highest BCUT2D eigenvalue weighted by molar-refractivity contribution is 7.80.